The minimum Gasteiger partial charge on any atom is -0.494 e. The van der Waals surface area contributed by atoms with Gasteiger partial charge in [-0.3, -0.25) is 0 Å². The zero-order valence-corrected chi connectivity index (χ0v) is 18.0. The molecule has 0 aliphatic carbocycles. The summed E-state index contributed by atoms with van der Waals surface area (Å²) < 4.78 is 64.2. The number of nitrogens with zero attached hydrogens (tertiary/aromatic N) is 2. The van der Waals surface area contributed by atoms with Crippen LogP contribution in [0.1, 0.15) is 5.56 Å². The average molecular weight is 445 g/mol. The first-order valence-electron chi connectivity index (χ1n) is 9.47. The van der Waals surface area contributed by atoms with Crippen molar-refractivity contribution >= 4 is 20.9 Å². The van der Waals surface area contributed by atoms with Crippen molar-refractivity contribution in [1.29, 1.82) is 0 Å². The van der Waals surface area contributed by atoms with Crippen molar-refractivity contribution in [2.45, 2.75) is 11.4 Å². The predicted molar refractivity (Wildman–Crippen MR) is 115 cm³/mol. The van der Waals surface area contributed by atoms with Gasteiger partial charge in [-0.1, -0.05) is 6.07 Å². The molecule has 2 heterocycles. The van der Waals surface area contributed by atoms with Gasteiger partial charge in [-0.2, -0.15) is 0 Å². The lowest BCUT2D eigenvalue weighted by Gasteiger charge is -2.14. The highest BCUT2D eigenvalue weighted by Crippen LogP contribution is 2.39. The van der Waals surface area contributed by atoms with E-state index in [2.05, 4.69) is 5.32 Å². The number of aryl methyl sites for hydroxylation is 1. The molecule has 31 heavy (non-hydrogen) atoms. The fourth-order valence-electron chi connectivity index (χ4n) is 3.78. The van der Waals surface area contributed by atoms with Crippen LogP contribution in [-0.4, -0.2) is 31.1 Å². The first-order chi connectivity index (χ1) is 14.8. The number of nitrogens with one attached hydrogen (secondary N) is 1. The SMILES string of the molecule is CNCc1cn(S(=O)(=O)c2cccc3c2ccn3C)c(-c2ccc(F)cc2F)c1OC. The third-order valence-corrected chi connectivity index (χ3v) is 6.90. The molecule has 0 fully saturated rings. The summed E-state index contributed by atoms with van der Waals surface area (Å²) in [5, 5.41) is 3.49. The molecule has 0 aliphatic heterocycles. The van der Waals surface area contributed by atoms with E-state index in [1.54, 1.807) is 25.4 Å². The molecule has 9 heteroatoms. The Morgan fingerprint density at radius 3 is 2.58 bits per heavy atom. The lowest BCUT2D eigenvalue weighted by molar-refractivity contribution is 0.411. The van der Waals surface area contributed by atoms with E-state index in [4.69, 9.17) is 4.74 Å². The van der Waals surface area contributed by atoms with E-state index in [0.717, 1.165) is 15.6 Å². The van der Waals surface area contributed by atoms with Gasteiger partial charge < -0.3 is 14.6 Å². The van der Waals surface area contributed by atoms with Gasteiger partial charge in [0.05, 0.1) is 12.0 Å². The van der Waals surface area contributed by atoms with E-state index in [9.17, 15) is 17.2 Å². The molecule has 0 amide bonds. The van der Waals surface area contributed by atoms with Crippen LogP contribution in [0, 0.1) is 11.6 Å². The lowest BCUT2D eigenvalue weighted by atomic mass is 10.1. The number of halogens is 2. The smallest absolute Gasteiger partial charge is 0.268 e. The molecule has 0 saturated carbocycles. The molecule has 0 aliphatic rings. The summed E-state index contributed by atoms with van der Waals surface area (Å²) >= 11 is 0. The molecule has 0 radical (unpaired) electrons. The van der Waals surface area contributed by atoms with Crippen LogP contribution in [0.3, 0.4) is 0 Å². The number of aromatic nitrogens is 2. The Hall–Kier alpha value is -3.17. The van der Waals surface area contributed by atoms with Crippen molar-refractivity contribution in [3.8, 4) is 17.0 Å². The Morgan fingerprint density at radius 2 is 1.90 bits per heavy atom. The summed E-state index contributed by atoms with van der Waals surface area (Å²) in [6, 6.07) is 9.70. The van der Waals surface area contributed by atoms with Gasteiger partial charge in [-0.25, -0.2) is 21.2 Å². The van der Waals surface area contributed by atoms with E-state index >= 15 is 0 Å². The second-order valence-corrected chi connectivity index (χ2v) is 8.89. The molecule has 4 rings (SSSR count). The van der Waals surface area contributed by atoms with Crippen LogP contribution in [0.25, 0.3) is 22.2 Å². The summed E-state index contributed by atoms with van der Waals surface area (Å²) in [6.07, 6.45) is 3.18. The molecular weight excluding hydrogens is 424 g/mol. The van der Waals surface area contributed by atoms with Crippen LogP contribution in [0.5, 0.6) is 5.75 Å². The molecule has 0 saturated heterocycles. The van der Waals surface area contributed by atoms with E-state index in [1.165, 1.54) is 25.4 Å². The third-order valence-electron chi connectivity index (χ3n) is 5.18. The molecule has 4 aromatic rings. The van der Waals surface area contributed by atoms with Crippen LogP contribution in [0.15, 0.2) is 59.8 Å². The van der Waals surface area contributed by atoms with Crippen LogP contribution >= 0.6 is 0 Å². The second-order valence-electron chi connectivity index (χ2n) is 7.11. The highest BCUT2D eigenvalue weighted by molar-refractivity contribution is 7.90. The van der Waals surface area contributed by atoms with Gasteiger partial charge in [-0.05, 0) is 37.4 Å². The molecule has 1 N–H and O–H groups in total. The van der Waals surface area contributed by atoms with Gasteiger partial charge in [0.15, 0.2) is 0 Å². The maximum absolute atomic E-state index is 14.8. The minimum atomic E-state index is -4.15. The fourth-order valence-corrected chi connectivity index (χ4v) is 5.38. The van der Waals surface area contributed by atoms with Crippen LogP contribution in [0.2, 0.25) is 0 Å². The molecule has 6 nitrogen and oxygen atoms in total. The zero-order chi connectivity index (χ0) is 22.3. The van der Waals surface area contributed by atoms with Crippen LogP contribution < -0.4 is 10.1 Å². The molecule has 0 bridgehead atoms. The van der Waals surface area contributed by atoms with Crippen LogP contribution in [-0.2, 0) is 23.6 Å². The first kappa shape index (κ1) is 21.1. The molecule has 0 spiro atoms. The number of fused-ring (bicyclic) bond motifs is 1. The van der Waals surface area contributed by atoms with Crippen molar-refractivity contribution < 1.29 is 21.9 Å². The second kappa shape index (κ2) is 7.82. The molecule has 162 valence electrons. The zero-order valence-electron chi connectivity index (χ0n) is 17.2. The first-order valence-corrected chi connectivity index (χ1v) is 10.9. The Kier molecular flexibility index (Phi) is 5.32. The standard InChI is InChI=1S/C22H21F2N3O3S/c1-25-12-14-13-27(21(22(14)30-3)16-8-7-15(23)11-18(16)24)31(28,29)20-6-4-5-19-17(20)9-10-26(19)2/h4-11,13,25H,12H2,1-3H3. The number of methoxy groups -OCH3 is 1. The minimum absolute atomic E-state index is 0.00168. The molecule has 2 aromatic heterocycles. The van der Waals surface area contributed by atoms with Crippen molar-refractivity contribution in [1.82, 2.24) is 13.9 Å². The third kappa shape index (κ3) is 3.39. The Balaban J connectivity index is 2.05. The largest absolute Gasteiger partial charge is 0.494 e. The average Bonchev–Trinajstić information content (AvgIpc) is 3.29. The maximum atomic E-state index is 14.8. The van der Waals surface area contributed by atoms with Crippen molar-refractivity contribution in [3.63, 3.8) is 0 Å². The van der Waals surface area contributed by atoms with Gasteiger partial charge in [-0.15, -0.1) is 0 Å². The summed E-state index contributed by atoms with van der Waals surface area (Å²) in [4.78, 5) is 0.0723. The summed E-state index contributed by atoms with van der Waals surface area (Å²) in [5.41, 5.74) is 1.18. The van der Waals surface area contributed by atoms with E-state index < -0.39 is 21.7 Å². The number of rotatable bonds is 6. The number of hydrogen-bond acceptors (Lipinski definition) is 4. The normalized spacial score (nSPS) is 11.9. The summed E-state index contributed by atoms with van der Waals surface area (Å²) in [5.74, 6) is -1.45. The fraction of sp³-hybridized carbons (Fsp3) is 0.182. The van der Waals surface area contributed by atoms with E-state index in [-0.39, 0.29) is 28.4 Å². The predicted octanol–water partition coefficient (Wildman–Crippen LogP) is 3.89. The number of ether oxygens (including phenoxy) is 1. The number of benzene rings is 2. The summed E-state index contributed by atoms with van der Waals surface area (Å²) in [6.45, 7) is 0.289. The highest BCUT2D eigenvalue weighted by Gasteiger charge is 2.29. The molecule has 0 unspecified atom stereocenters. The Morgan fingerprint density at radius 1 is 1.13 bits per heavy atom. The molecule has 2 aromatic carbocycles. The van der Waals surface area contributed by atoms with Crippen molar-refractivity contribution in [2.24, 2.45) is 7.05 Å². The number of hydrogen-bond donors (Lipinski definition) is 1. The maximum Gasteiger partial charge on any atom is 0.268 e. The molecule has 0 atom stereocenters. The van der Waals surface area contributed by atoms with Crippen LogP contribution in [0.4, 0.5) is 8.78 Å². The quantitative estimate of drug-likeness (QED) is 0.489. The van der Waals surface area contributed by atoms with Gasteiger partial charge in [0, 0.05) is 54.1 Å². The van der Waals surface area contributed by atoms with Gasteiger partial charge in [0.2, 0.25) is 0 Å². The molecular formula is C22H21F2N3O3S. The van der Waals surface area contributed by atoms with Crippen molar-refractivity contribution in [3.05, 3.63) is 72.1 Å². The van der Waals surface area contributed by atoms with Gasteiger partial charge >= 0.3 is 0 Å². The van der Waals surface area contributed by atoms with Gasteiger partial charge in [0.1, 0.15) is 23.1 Å². The van der Waals surface area contributed by atoms with Gasteiger partial charge in [0.25, 0.3) is 10.0 Å². The highest BCUT2D eigenvalue weighted by atomic mass is 32.2. The summed E-state index contributed by atoms with van der Waals surface area (Å²) in [7, 11) is 0.754. The topological polar surface area (TPSA) is 65.3 Å². The van der Waals surface area contributed by atoms with Crippen molar-refractivity contribution in [2.75, 3.05) is 14.2 Å². The van der Waals surface area contributed by atoms with E-state index in [0.29, 0.717) is 17.0 Å². The Bertz CT molecular complexity index is 1390. The monoisotopic (exact) mass is 445 g/mol. The van der Waals surface area contributed by atoms with E-state index in [1.807, 2.05) is 17.7 Å². The Labute approximate surface area is 178 Å². The lowest BCUT2D eigenvalue weighted by Crippen LogP contribution is -2.14.